The topological polar surface area (TPSA) is 0 Å². The normalized spacial score (nSPS) is 13.9. The van der Waals surface area contributed by atoms with Gasteiger partial charge in [-0.05, 0) is 17.7 Å². The second-order valence-corrected chi connectivity index (χ2v) is 3.15. The lowest BCUT2D eigenvalue weighted by molar-refractivity contribution is -0.137. The Labute approximate surface area is 83.7 Å². The molecule has 0 aliphatic carbocycles. The van der Waals surface area contributed by atoms with Gasteiger partial charge in [0.25, 0.3) is 0 Å². The van der Waals surface area contributed by atoms with Gasteiger partial charge in [-0.1, -0.05) is 12.1 Å². The van der Waals surface area contributed by atoms with Crippen LogP contribution in [0.1, 0.15) is 11.1 Å². The van der Waals surface area contributed by atoms with Crippen LogP contribution in [0.15, 0.2) is 24.3 Å². The van der Waals surface area contributed by atoms with Gasteiger partial charge >= 0.3 is 6.18 Å². The van der Waals surface area contributed by atoms with Crippen LogP contribution in [0, 0.1) is 0 Å². The van der Waals surface area contributed by atoms with Gasteiger partial charge in [-0.25, -0.2) is 8.78 Å². The van der Waals surface area contributed by atoms with Crippen molar-refractivity contribution in [1.29, 1.82) is 0 Å². The van der Waals surface area contributed by atoms with Gasteiger partial charge in [0.1, 0.15) is 12.8 Å². The minimum absolute atomic E-state index is 0.200. The van der Waals surface area contributed by atoms with Gasteiger partial charge in [-0.3, -0.25) is 0 Å². The molecule has 0 heterocycles. The highest BCUT2D eigenvalue weighted by Gasteiger charge is 2.29. The van der Waals surface area contributed by atoms with E-state index in [-0.39, 0.29) is 6.42 Å². The van der Waals surface area contributed by atoms with Gasteiger partial charge in [0, 0.05) is 6.42 Å². The third-order valence-electron chi connectivity index (χ3n) is 1.91. The summed E-state index contributed by atoms with van der Waals surface area (Å²) in [5.74, 6) is 0. The van der Waals surface area contributed by atoms with Crippen molar-refractivity contribution in [3.05, 3.63) is 35.4 Å². The van der Waals surface area contributed by atoms with E-state index in [1.54, 1.807) is 0 Å². The zero-order valence-corrected chi connectivity index (χ0v) is 7.69. The molecule has 0 bridgehead atoms. The number of benzene rings is 1. The van der Waals surface area contributed by atoms with Crippen LogP contribution in [0.4, 0.5) is 22.0 Å². The molecule has 84 valence electrons. The molecule has 1 aromatic rings. The smallest absolute Gasteiger partial charge is 0.248 e. The zero-order chi connectivity index (χ0) is 11.5. The molecule has 15 heavy (non-hydrogen) atoms. The van der Waals surface area contributed by atoms with E-state index in [2.05, 4.69) is 0 Å². The second kappa shape index (κ2) is 4.59. The molecule has 1 aromatic carbocycles. The average Bonchev–Trinajstić information content (AvgIpc) is 2.17. The van der Waals surface area contributed by atoms with Gasteiger partial charge < -0.3 is 0 Å². The lowest BCUT2D eigenvalue weighted by Crippen LogP contribution is -2.08. The van der Waals surface area contributed by atoms with Gasteiger partial charge in [0.2, 0.25) is 0 Å². The number of alkyl halides is 5. The lowest BCUT2D eigenvalue weighted by Gasteiger charge is -2.08. The summed E-state index contributed by atoms with van der Waals surface area (Å²) in [7, 11) is 0. The first-order valence-corrected chi connectivity index (χ1v) is 4.29. The second-order valence-electron chi connectivity index (χ2n) is 3.15. The summed E-state index contributed by atoms with van der Waals surface area (Å²) in [4.78, 5) is 0. The largest absolute Gasteiger partial charge is 0.416 e. The van der Waals surface area contributed by atoms with Gasteiger partial charge in [-0.2, -0.15) is 13.2 Å². The molecule has 0 aliphatic heterocycles. The molecule has 0 fully saturated rings. The Bertz CT molecular complexity index is 301. The zero-order valence-electron chi connectivity index (χ0n) is 7.69. The van der Waals surface area contributed by atoms with E-state index in [1.807, 2.05) is 0 Å². The van der Waals surface area contributed by atoms with Crippen LogP contribution in [0.3, 0.4) is 0 Å². The first kappa shape index (κ1) is 11.9. The van der Waals surface area contributed by atoms with Crippen molar-refractivity contribution in [3.63, 3.8) is 0 Å². The lowest BCUT2D eigenvalue weighted by atomic mass is 10.1. The third-order valence-corrected chi connectivity index (χ3v) is 1.91. The highest BCUT2D eigenvalue weighted by atomic mass is 19.4. The van der Waals surface area contributed by atoms with Gasteiger partial charge in [0.05, 0.1) is 5.56 Å². The molecule has 0 saturated heterocycles. The van der Waals surface area contributed by atoms with Crippen LogP contribution in [0.5, 0.6) is 0 Å². The third kappa shape index (κ3) is 3.49. The van der Waals surface area contributed by atoms with Gasteiger partial charge in [-0.15, -0.1) is 0 Å². The highest BCUT2D eigenvalue weighted by Crippen LogP contribution is 2.29. The fourth-order valence-electron chi connectivity index (χ4n) is 1.14. The molecule has 0 radical (unpaired) electrons. The molecule has 0 amide bonds. The maximum Gasteiger partial charge on any atom is 0.416 e. The van der Waals surface area contributed by atoms with E-state index >= 15 is 0 Å². The summed E-state index contributed by atoms with van der Waals surface area (Å²) in [6, 6.07) is 4.04. The minimum Gasteiger partial charge on any atom is -0.248 e. The fourth-order valence-corrected chi connectivity index (χ4v) is 1.14. The van der Waals surface area contributed by atoms with Crippen LogP contribution >= 0.6 is 0 Å². The number of hydrogen-bond acceptors (Lipinski definition) is 0. The van der Waals surface area contributed by atoms with Crippen LogP contribution in [-0.2, 0) is 12.6 Å². The molecule has 1 unspecified atom stereocenters. The highest BCUT2D eigenvalue weighted by molar-refractivity contribution is 5.25. The standard InChI is InChI=1S/C10H9F5/c11-6-9(12)5-7-1-3-8(4-2-7)10(13,14)15/h1-4,9H,5-6H2. The predicted molar refractivity (Wildman–Crippen MR) is 46.0 cm³/mol. The summed E-state index contributed by atoms with van der Waals surface area (Å²) in [6.07, 6.45) is -6.25. The number of halogens is 5. The summed E-state index contributed by atoms with van der Waals surface area (Å²) in [5.41, 5.74) is -0.435. The van der Waals surface area contributed by atoms with Crippen LogP contribution in [-0.4, -0.2) is 12.8 Å². The van der Waals surface area contributed by atoms with Crippen molar-refractivity contribution in [2.45, 2.75) is 18.8 Å². The molecule has 5 heteroatoms. The Morgan fingerprint density at radius 3 is 2.00 bits per heavy atom. The van der Waals surface area contributed by atoms with Crippen molar-refractivity contribution >= 4 is 0 Å². The first-order valence-electron chi connectivity index (χ1n) is 4.29. The van der Waals surface area contributed by atoms with Crippen molar-refractivity contribution in [2.24, 2.45) is 0 Å². The molecule has 1 atom stereocenters. The van der Waals surface area contributed by atoms with E-state index in [0.717, 1.165) is 24.3 Å². The maximum absolute atomic E-state index is 12.6. The Morgan fingerprint density at radius 1 is 1.07 bits per heavy atom. The summed E-state index contributed by atoms with van der Waals surface area (Å²) >= 11 is 0. The summed E-state index contributed by atoms with van der Waals surface area (Å²) in [5, 5.41) is 0. The molecule has 0 N–H and O–H groups in total. The van der Waals surface area contributed by atoms with Crippen molar-refractivity contribution in [2.75, 3.05) is 6.67 Å². The van der Waals surface area contributed by atoms with E-state index in [9.17, 15) is 22.0 Å². The average molecular weight is 224 g/mol. The molecule has 0 aliphatic rings. The van der Waals surface area contributed by atoms with Crippen molar-refractivity contribution in [3.8, 4) is 0 Å². The minimum atomic E-state index is -4.40. The Balaban J connectivity index is 2.73. The summed E-state index contributed by atoms with van der Waals surface area (Å²) in [6.45, 7) is -1.12. The van der Waals surface area contributed by atoms with Crippen molar-refractivity contribution in [1.82, 2.24) is 0 Å². The molecular weight excluding hydrogens is 215 g/mol. The SMILES string of the molecule is FCC(F)Cc1ccc(C(F)(F)F)cc1. The molecule has 0 spiro atoms. The van der Waals surface area contributed by atoms with Crippen molar-refractivity contribution < 1.29 is 22.0 Å². The monoisotopic (exact) mass is 224 g/mol. The maximum atomic E-state index is 12.6. The predicted octanol–water partition coefficient (Wildman–Crippen LogP) is 3.56. The fraction of sp³-hybridized carbons (Fsp3) is 0.400. The molecule has 0 nitrogen and oxygen atoms in total. The number of hydrogen-bond donors (Lipinski definition) is 0. The van der Waals surface area contributed by atoms with E-state index in [0.29, 0.717) is 5.56 Å². The van der Waals surface area contributed by atoms with Crippen LogP contribution < -0.4 is 0 Å². The van der Waals surface area contributed by atoms with Crippen LogP contribution in [0.25, 0.3) is 0 Å². The van der Waals surface area contributed by atoms with E-state index in [1.165, 1.54) is 0 Å². The molecule has 0 aromatic heterocycles. The quantitative estimate of drug-likeness (QED) is 0.688. The van der Waals surface area contributed by atoms with E-state index in [4.69, 9.17) is 0 Å². The number of rotatable bonds is 3. The van der Waals surface area contributed by atoms with Gasteiger partial charge in [0.15, 0.2) is 0 Å². The van der Waals surface area contributed by atoms with E-state index < -0.39 is 24.6 Å². The molecule has 0 saturated carbocycles. The Morgan fingerprint density at radius 2 is 1.60 bits per heavy atom. The molecule has 1 rings (SSSR count). The first-order chi connectivity index (χ1) is 6.93. The van der Waals surface area contributed by atoms with Crippen LogP contribution in [0.2, 0.25) is 0 Å². The Kier molecular flexibility index (Phi) is 3.66. The Hall–Kier alpha value is -1.13. The molecular formula is C10H9F5. The summed E-state index contributed by atoms with van der Waals surface area (Å²) < 4.78 is 60.7.